The van der Waals surface area contributed by atoms with Gasteiger partial charge in [0.2, 0.25) is 10.6 Å². The number of aromatic nitrogens is 5. The van der Waals surface area contributed by atoms with Gasteiger partial charge in [0, 0.05) is 5.69 Å². The molecule has 0 amide bonds. The van der Waals surface area contributed by atoms with E-state index in [1.165, 1.54) is 0 Å². The summed E-state index contributed by atoms with van der Waals surface area (Å²) in [4.78, 5) is 0. The van der Waals surface area contributed by atoms with Gasteiger partial charge in [-0.1, -0.05) is 30.3 Å². The number of aryl methyl sites for hydroxylation is 1. The van der Waals surface area contributed by atoms with Gasteiger partial charge in [0.15, 0.2) is 0 Å². The van der Waals surface area contributed by atoms with Crippen LogP contribution in [-0.4, -0.2) is 31.3 Å². The third-order valence-electron chi connectivity index (χ3n) is 2.71. The minimum atomic E-state index is 0.424. The Balaban J connectivity index is 2.00. The minimum absolute atomic E-state index is 0.424. The first-order chi connectivity index (χ1) is 9.74. The predicted octanol–water partition coefficient (Wildman–Crippen LogP) is 2.52. The zero-order chi connectivity index (χ0) is 13.9. The van der Waals surface area contributed by atoms with Crippen LogP contribution in [0.3, 0.4) is 0 Å². The van der Waals surface area contributed by atoms with Gasteiger partial charge >= 0.3 is 0 Å². The Bertz CT molecular complexity index is 796. The van der Waals surface area contributed by atoms with Crippen molar-refractivity contribution in [2.45, 2.75) is 6.92 Å². The molecule has 0 aliphatic rings. The van der Waals surface area contributed by atoms with Gasteiger partial charge in [-0.25, -0.2) is 5.10 Å². The average molecular weight is 284 g/mol. The molecule has 0 spiro atoms. The van der Waals surface area contributed by atoms with Crippen LogP contribution >= 0.6 is 12.2 Å². The monoisotopic (exact) mass is 284 g/mol. The van der Waals surface area contributed by atoms with Crippen LogP contribution in [0.1, 0.15) is 11.3 Å². The molecule has 0 saturated heterocycles. The van der Waals surface area contributed by atoms with Crippen LogP contribution in [-0.2, 0) is 0 Å². The summed E-state index contributed by atoms with van der Waals surface area (Å²) in [6, 6.07) is 11.7. The van der Waals surface area contributed by atoms with Gasteiger partial charge in [-0.15, -0.1) is 0 Å². The maximum Gasteiger partial charge on any atom is 0.216 e. The Hall–Kier alpha value is -2.54. The Labute approximate surface area is 120 Å². The van der Waals surface area contributed by atoms with Crippen LogP contribution in [0.25, 0.3) is 11.5 Å². The summed E-state index contributed by atoms with van der Waals surface area (Å²) < 4.78 is 1.98. The highest BCUT2D eigenvalue weighted by Crippen LogP contribution is 2.15. The highest BCUT2D eigenvalue weighted by atomic mass is 32.1. The summed E-state index contributed by atoms with van der Waals surface area (Å²) in [7, 11) is 0. The summed E-state index contributed by atoms with van der Waals surface area (Å²) in [6.07, 6.45) is 1.73. The number of benzene rings is 1. The van der Waals surface area contributed by atoms with Gasteiger partial charge in [0.05, 0.1) is 6.21 Å². The molecule has 0 saturated carbocycles. The number of nitrogens with zero attached hydrogens (tertiary/aromatic N) is 4. The fraction of sp³-hybridized carbons (Fsp3) is 0.0769. The van der Waals surface area contributed by atoms with E-state index in [1.54, 1.807) is 10.9 Å². The molecule has 0 aliphatic heterocycles. The Morgan fingerprint density at radius 2 is 2.00 bits per heavy atom. The number of aromatic amines is 2. The summed E-state index contributed by atoms with van der Waals surface area (Å²) in [5, 5.41) is 18.3. The summed E-state index contributed by atoms with van der Waals surface area (Å²) in [5.74, 6) is 0.575. The minimum Gasteiger partial charge on any atom is -0.282 e. The maximum absolute atomic E-state index is 5.19. The van der Waals surface area contributed by atoms with Gasteiger partial charge in [-0.05, 0) is 30.8 Å². The highest BCUT2D eigenvalue weighted by molar-refractivity contribution is 7.71. The van der Waals surface area contributed by atoms with Crippen LogP contribution in [0.15, 0.2) is 41.5 Å². The molecule has 7 heteroatoms. The molecule has 0 radical (unpaired) electrons. The van der Waals surface area contributed by atoms with Gasteiger partial charge in [0.1, 0.15) is 5.69 Å². The van der Waals surface area contributed by atoms with Crippen LogP contribution in [0.4, 0.5) is 0 Å². The molecule has 100 valence electrons. The van der Waals surface area contributed by atoms with E-state index >= 15 is 0 Å². The first kappa shape index (κ1) is 12.5. The topological polar surface area (TPSA) is 74.7 Å². The molecular formula is C13H12N6S. The summed E-state index contributed by atoms with van der Waals surface area (Å²) in [6.45, 7) is 1.93. The lowest BCUT2D eigenvalue weighted by Crippen LogP contribution is -1.95. The molecule has 2 heterocycles. The van der Waals surface area contributed by atoms with Gasteiger partial charge < -0.3 is 0 Å². The van der Waals surface area contributed by atoms with E-state index in [2.05, 4.69) is 25.5 Å². The van der Waals surface area contributed by atoms with Gasteiger partial charge in [-0.3, -0.25) is 5.10 Å². The van der Waals surface area contributed by atoms with Crippen molar-refractivity contribution in [3.8, 4) is 11.5 Å². The van der Waals surface area contributed by atoms with Crippen molar-refractivity contribution in [2.24, 2.45) is 5.10 Å². The molecule has 0 fully saturated rings. The first-order valence-corrected chi connectivity index (χ1v) is 6.44. The third kappa shape index (κ3) is 2.43. The molecule has 3 rings (SSSR count). The molecule has 0 aliphatic carbocycles. The van der Waals surface area contributed by atoms with Crippen molar-refractivity contribution in [1.29, 1.82) is 0 Å². The summed E-state index contributed by atoms with van der Waals surface area (Å²) >= 11 is 5.19. The second kappa shape index (κ2) is 5.22. The van der Waals surface area contributed by atoms with Crippen molar-refractivity contribution >= 4 is 18.4 Å². The van der Waals surface area contributed by atoms with E-state index in [0.717, 1.165) is 11.3 Å². The fourth-order valence-electron chi connectivity index (χ4n) is 1.76. The molecule has 6 nitrogen and oxygen atoms in total. The van der Waals surface area contributed by atoms with Crippen molar-refractivity contribution in [1.82, 2.24) is 25.1 Å². The van der Waals surface area contributed by atoms with E-state index < -0.39 is 0 Å². The summed E-state index contributed by atoms with van der Waals surface area (Å²) in [5.41, 5.74) is 2.63. The average Bonchev–Trinajstić information content (AvgIpc) is 3.04. The lowest BCUT2D eigenvalue weighted by molar-refractivity contribution is 0.865. The van der Waals surface area contributed by atoms with Gasteiger partial charge in [-0.2, -0.15) is 20.0 Å². The second-order valence-corrected chi connectivity index (χ2v) is 4.64. The van der Waals surface area contributed by atoms with Crippen LogP contribution < -0.4 is 0 Å². The molecule has 2 aromatic heterocycles. The normalized spacial score (nSPS) is 11.2. The molecule has 20 heavy (non-hydrogen) atoms. The Morgan fingerprint density at radius 3 is 2.70 bits per heavy atom. The number of H-pyrrole nitrogens is 2. The van der Waals surface area contributed by atoms with E-state index in [9.17, 15) is 0 Å². The molecule has 2 N–H and O–H groups in total. The molecule has 0 atom stereocenters. The SMILES string of the molecule is Cc1cc(-c2n[nH]c(=S)n2N=Cc2ccccc2)n[nH]1. The lowest BCUT2D eigenvalue weighted by Gasteiger charge is -1.96. The number of hydrogen-bond donors (Lipinski definition) is 2. The molecule has 0 unspecified atom stereocenters. The van der Waals surface area contributed by atoms with E-state index in [4.69, 9.17) is 12.2 Å². The van der Waals surface area contributed by atoms with Crippen molar-refractivity contribution in [3.05, 3.63) is 52.4 Å². The molecule has 3 aromatic rings. The molecule has 1 aromatic carbocycles. The number of nitrogens with one attached hydrogen (secondary N) is 2. The third-order valence-corrected chi connectivity index (χ3v) is 2.97. The standard InChI is InChI=1S/C13H12N6S/c1-9-7-11(16-15-9)12-17-18-13(20)19(12)14-8-10-5-3-2-4-6-10/h2-8H,1H3,(H,15,16)(H,18,20). The first-order valence-electron chi connectivity index (χ1n) is 6.03. The Morgan fingerprint density at radius 1 is 1.20 bits per heavy atom. The lowest BCUT2D eigenvalue weighted by atomic mass is 10.2. The number of rotatable bonds is 3. The van der Waals surface area contributed by atoms with E-state index in [1.807, 2.05) is 43.3 Å². The zero-order valence-electron chi connectivity index (χ0n) is 10.7. The largest absolute Gasteiger partial charge is 0.282 e. The highest BCUT2D eigenvalue weighted by Gasteiger charge is 2.10. The van der Waals surface area contributed by atoms with E-state index in [0.29, 0.717) is 16.3 Å². The number of hydrogen-bond acceptors (Lipinski definition) is 4. The molecule has 0 bridgehead atoms. The fourth-order valence-corrected chi connectivity index (χ4v) is 1.94. The van der Waals surface area contributed by atoms with Crippen molar-refractivity contribution in [2.75, 3.05) is 0 Å². The Kier molecular flexibility index (Phi) is 3.26. The maximum atomic E-state index is 5.19. The van der Waals surface area contributed by atoms with Crippen LogP contribution in [0.2, 0.25) is 0 Å². The second-order valence-electron chi connectivity index (χ2n) is 4.26. The van der Waals surface area contributed by atoms with Crippen LogP contribution in [0, 0.1) is 11.7 Å². The quantitative estimate of drug-likeness (QED) is 0.573. The smallest absolute Gasteiger partial charge is 0.216 e. The molecular weight excluding hydrogens is 272 g/mol. The van der Waals surface area contributed by atoms with Crippen molar-refractivity contribution in [3.63, 3.8) is 0 Å². The predicted molar refractivity (Wildman–Crippen MR) is 79.2 cm³/mol. The van der Waals surface area contributed by atoms with Crippen LogP contribution in [0.5, 0.6) is 0 Å². The van der Waals surface area contributed by atoms with Gasteiger partial charge in [0.25, 0.3) is 0 Å². The zero-order valence-corrected chi connectivity index (χ0v) is 11.6. The van der Waals surface area contributed by atoms with Crippen molar-refractivity contribution < 1.29 is 0 Å². The van der Waals surface area contributed by atoms with E-state index in [-0.39, 0.29) is 0 Å².